The van der Waals surface area contributed by atoms with Gasteiger partial charge in [0.1, 0.15) is 11.9 Å². The van der Waals surface area contributed by atoms with Crippen molar-refractivity contribution in [3.05, 3.63) is 24.5 Å². The van der Waals surface area contributed by atoms with Crippen LogP contribution in [0.5, 0.6) is 5.75 Å². The maximum atomic E-state index is 10.8. The van der Waals surface area contributed by atoms with Crippen LogP contribution in [-0.4, -0.2) is 41.5 Å². The molecule has 1 aliphatic rings. The van der Waals surface area contributed by atoms with E-state index in [9.17, 15) is 4.79 Å². The Morgan fingerprint density at radius 3 is 2.65 bits per heavy atom. The zero-order valence-corrected chi connectivity index (χ0v) is 9.71. The molecule has 2 N–H and O–H groups in total. The summed E-state index contributed by atoms with van der Waals surface area (Å²) >= 11 is 0. The van der Waals surface area contributed by atoms with Crippen LogP contribution in [0, 0.1) is 0 Å². The van der Waals surface area contributed by atoms with Crippen LogP contribution in [0.3, 0.4) is 0 Å². The number of nitrogens with two attached hydrogens (primary N) is 1. The van der Waals surface area contributed by atoms with E-state index in [0.717, 1.165) is 31.7 Å². The number of nitrogens with zero attached hydrogens (tertiary/aromatic N) is 2. The second-order valence-corrected chi connectivity index (χ2v) is 4.24. The lowest BCUT2D eigenvalue weighted by Crippen LogP contribution is -2.42. The predicted molar refractivity (Wildman–Crippen MR) is 63.5 cm³/mol. The van der Waals surface area contributed by atoms with Crippen LogP contribution in [0.2, 0.25) is 0 Å². The molecule has 1 aromatic rings. The molecule has 0 radical (unpaired) electrons. The maximum Gasteiger partial charge on any atom is 0.231 e. The number of hydrogen-bond donors (Lipinski definition) is 1. The molecular formula is C12H17N3O2. The first-order chi connectivity index (χ1) is 8.24. The van der Waals surface area contributed by atoms with Gasteiger partial charge in [0.2, 0.25) is 5.91 Å². The summed E-state index contributed by atoms with van der Waals surface area (Å²) in [6.07, 6.45) is 5.52. The molecule has 1 amide bonds. The average Bonchev–Trinajstić information content (AvgIpc) is 2.32. The number of likely N-dealkylation sites (tertiary alicyclic amines) is 1. The highest BCUT2D eigenvalue weighted by molar-refractivity contribution is 5.75. The molecule has 0 spiro atoms. The lowest BCUT2D eigenvalue weighted by atomic mass is 10.1. The van der Waals surface area contributed by atoms with Crippen molar-refractivity contribution >= 4 is 5.91 Å². The van der Waals surface area contributed by atoms with Gasteiger partial charge in [0.05, 0.1) is 6.54 Å². The SMILES string of the molecule is NC(=O)CN1CCC(Oc2ccncc2)CC1. The summed E-state index contributed by atoms with van der Waals surface area (Å²) in [5, 5.41) is 0. The predicted octanol–water partition coefficient (Wildman–Crippen LogP) is 0.410. The molecule has 1 aliphatic heterocycles. The number of carbonyl (C=O) groups is 1. The fourth-order valence-corrected chi connectivity index (χ4v) is 2.01. The monoisotopic (exact) mass is 235 g/mol. The van der Waals surface area contributed by atoms with E-state index in [2.05, 4.69) is 9.88 Å². The van der Waals surface area contributed by atoms with Crippen molar-refractivity contribution in [3.8, 4) is 5.75 Å². The van der Waals surface area contributed by atoms with Crippen molar-refractivity contribution in [1.82, 2.24) is 9.88 Å². The van der Waals surface area contributed by atoms with Crippen LogP contribution in [-0.2, 0) is 4.79 Å². The zero-order chi connectivity index (χ0) is 12.1. The van der Waals surface area contributed by atoms with E-state index in [0.29, 0.717) is 6.54 Å². The third-order valence-electron chi connectivity index (χ3n) is 2.87. The maximum absolute atomic E-state index is 10.8. The number of aromatic nitrogens is 1. The van der Waals surface area contributed by atoms with Gasteiger partial charge in [-0.1, -0.05) is 0 Å². The summed E-state index contributed by atoms with van der Waals surface area (Å²) in [6.45, 7) is 2.07. The van der Waals surface area contributed by atoms with E-state index >= 15 is 0 Å². The Morgan fingerprint density at radius 2 is 2.06 bits per heavy atom. The van der Waals surface area contributed by atoms with Gasteiger partial charge in [-0.15, -0.1) is 0 Å². The number of rotatable bonds is 4. The van der Waals surface area contributed by atoms with E-state index in [1.165, 1.54) is 0 Å². The van der Waals surface area contributed by atoms with Gasteiger partial charge in [-0.05, 0) is 25.0 Å². The normalized spacial score (nSPS) is 17.9. The van der Waals surface area contributed by atoms with Crippen LogP contribution in [0.1, 0.15) is 12.8 Å². The first-order valence-electron chi connectivity index (χ1n) is 5.81. The standard InChI is InChI=1S/C12H17N3O2/c13-12(16)9-15-7-3-11(4-8-15)17-10-1-5-14-6-2-10/h1-2,5-6,11H,3-4,7-9H2,(H2,13,16). The van der Waals surface area contributed by atoms with Crippen LogP contribution in [0.25, 0.3) is 0 Å². The van der Waals surface area contributed by atoms with Crippen LogP contribution in [0.15, 0.2) is 24.5 Å². The minimum atomic E-state index is -0.265. The molecule has 0 bridgehead atoms. The summed E-state index contributed by atoms with van der Waals surface area (Å²) < 4.78 is 5.83. The topological polar surface area (TPSA) is 68.5 Å². The molecule has 0 atom stereocenters. The van der Waals surface area contributed by atoms with E-state index in [1.807, 2.05) is 12.1 Å². The molecular weight excluding hydrogens is 218 g/mol. The Bertz CT molecular complexity index is 361. The number of piperidine rings is 1. The summed E-state index contributed by atoms with van der Waals surface area (Å²) in [5.41, 5.74) is 5.16. The Hall–Kier alpha value is -1.62. The number of carbonyl (C=O) groups excluding carboxylic acids is 1. The van der Waals surface area contributed by atoms with E-state index in [-0.39, 0.29) is 12.0 Å². The molecule has 0 unspecified atom stereocenters. The second-order valence-electron chi connectivity index (χ2n) is 4.24. The van der Waals surface area contributed by atoms with Crippen LogP contribution >= 0.6 is 0 Å². The molecule has 17 heavy (non-hydrogen) atoms. The number of pyridine rings is 1. The highest BCUT2D eigenvalue weighted by Gasteiger charge is 2.21. The first-order valence-corrected chi connectivity index (χ1v) is 5.81. The van der Waals surface area contributed by atoms with Crippen molar-refractivity contribution < 1.29 is 9.53 Å². The summed E-state index contributed by atoms with van der Waals surface area (Å²) in [6, 6.07) is 3.71. The van der Waals surface area contributed by atoms with E-state index < -0.39 is 0 Å². The van der Waals surface area contributed by atoms with Crippen molar-refractivity contribution in [2.24, 2.45) is 5.73 Å². The number of primary amides is 1. The van der Waals surface area contributed by atoms with Crippen molar-refractivity contribution in [1.29, 1.82) is 0 Å². The van der Waals surface area contributed by atoms with Crippen LogP contribution in [0.4, 0.5) is 0 Å². The molecule has 0 saturated carbocycles. The Balaban J connectivity index is 1.78. The number of amides is 1. The average molecular weight is 235 g/mol. The van der Waals surface area contributed by atoms with Gasteiger partial charge >= 0.3 is 0 Å². The van der Waals surface area contributed by atoms with Gasteiger partial charge < -0.3 is 10.5 Å². The van der Waals surface area contributed by atoms with Crippen molar-refractivity contribution in [2.75, 3.05) is 19.6 Å². The molecule has 1 saturated heterocycles. The van der Waals surface area contributed by atoms with Gasteiger partial charge in [-0.2, -0.15) is 0 Å². The fraction of sp³-hybridized carbons (Fsp3) is 0.500. The fourth-order valence-electron chi connectivity index (χ4n) is 2.01. The molecule has 92 valence electrons. The third kappa shape index (κ3) is 3.71. The molecule has 5 heteroatoms. The lowest BCUT2D eigenvalue weighted by Gasteiger charge is -2.31. The zero-order valence-electron chi connectivity index (χ0n) is 9.71. The van der Waals surface area contributed by atoms with Gasteiger partial charge in [-0.25, -0.2) is 0 Å². The largest absolute Gasteiger partial charge is 0.490 e. The molecule has 5 nitrogen and oxygen atoms in total. The molecule has 2 rings (SSSR count). The summed E-state index contributed by atoms with van der Waals surface area (Å²) in [5.74, 6) is 0.590. The molecule has 0 aliphatic carbocycles. The van der Waals surface area contributed by atoms with Gasteiger partial charge in [-0.3, -0.25) is 14.7 Å². The number of ether oxygens (including phenoxy) is 1. The van der Waals surface area contributed by atoms with Gasteiger partial charge in [0, 0.05) is 25.5 Å². The lowest BCUT2D eigenvalue weighted by molar-refractivity contribution is -0.119. The number of hydrogen-bond acceptors (Lipinski definition) is 4. The first kappa shape index (κ1) is 11.9. The van der Waals surface area contributed by atoms with Gasteiger partial charge in [0.15, 0.2) is 0 Å². The smallest absolute Gasteiger partial charge is 0.231 e. The Labute approximate surface area is 101 Å². The highest BCUT2D eigenvalue weighted by Crippen LogP contribution is 2.17. The minimum Gasteiger partial charge on any atom is -0.490 e. The van der Waals surface area contributed by atoms with Crippen molar-refractivity contribution in [3.63, 3.8) is 0 Å². The summed E-state index contributed by atoms with van der Waals surface area (Å²) in [7, 11) is 0. The Morgan fingerprint density at radius 1 is 1.41 bits per heavy atom. The van der Waals surface area contributed by atoms with E-state index in [1.54, 1.807) is 12.4 Å². The quantitative estimate of drug-likeness (QED) is 0.820. The van der Waals surface area contributed by atoms with Crippen LogP contribution < -0.4 is 10.5 Å². The minimum absolute atomic E-state index is 0.224. The second kappa shape index (κ2) is 5.63. The molecule has 1 fully saturated rings. The van der Waals surface area contributed by atoms with Crippen molar-refractivity contribution in [2.45, 2.75) is 18.9 Å². The molecule has 0 aromatic carbocycles. The Kier molecular flexibility index (Phi) is 3.93. The third-order valence-corrected chi connectivity index (χ3v) is 2.87. The summed E-state index contributed by atoms with van der Waals surface area (Å²) in [4.78, 5) is 16.8. The highest BCUT2D eigenvalue weighted by atomic mass is 16.5. The van der Waals surface area contributed by atoms with E-state index in [4.69, 9.17) is 10.5 Å². The van der Waals surface area contributed by atoms with Gasteiger partial charge in [0.25, 0.3) is 0 Å². The molecule has 2 heterocycles. The molecule has 1 aromatic heterocycles.